The SMILES string of the molecule is CCC1=C(CC)C2=NC1=Cc1c(CC)c(CC)c3[n]1[Sb]1[n]4c(c(CC)c(CC)c42)C=c2c(CC)c(CC)c([n]21)=C3. The van der Waals surface area contributed by atoms with Crippen molar-refractivity contribution < 1.29 is 0 Å². The van der Waals surface area contributed by atoms with Crippen LogP contribution in [0.2, 0.25) is 0 Å². The standard InChI is InChI=1S/C35H43N4.Sb/c1-9-20-22(11-3)30-18-32-24(13-5)26(15-7)34(38-32)35-27(16-8)25(14-6)33(39-35)19-31-23(12-4)21(10-2)29(37-31)17-28(20)36-30;/h17-19H,9-16H2,1-8H3;/q-3;+3. The summed E-state index contributed by atoms with van der Waals surface area (Å²) in [6.45, 7) is 18.8. The van der Waals surface area contributed by atoms with Crippen LogP contribution < -0.4 is 10.7 Å². The van der Waals surface area contributed by atoms with Crippen LogP contribution >= 0.6 is 0 Å². The van der Waals surface area contributed by atoms with Crippen LogP contribution in [0.1, 0.15) is 124 Å². The second-order valence-electron chi connectivity index (χ2n) is 11.4. The molecule has 2 bridgehead atoms. The monoisotopic (exact) mass is 640 g/mol. The molecule has 0 saturated carbocycles. The summed E-state index contributed by atoms with van der Waals surface area (Å²) in [6.07, 6.45) is 16.2. The van der Waals surface area contributed by atoms with Crippen molar-refractivity contribution in [2.45, 2.75) is 107 Å². The minimum atomic E-state index is -2.64. The van der Waals surface area contributed by atoms with Crippen molar-refractivity contribution in [1.82, 2.24) is 8.18 Å². The Morgan fingerprint density at radius 3 is 1.48 bits per heavy atom. The van der Waals surface area contributed by atoms with Gasteiger partial charge >= 0.3 is 249 Å². The van der Waals surface area contributed by atoms with Gasteiger partial charge in [0.05, 0.1) is 0 Å². The van der Waals surface area contributed by atoms with Crippen LogP contribution in [0.3, 0.4) is 0 Å². The van der Waals surface area contributed by atoms with Gasteiger partial charge in [0.2, 0.25) is 0 Å². The number of hydrogen-bond acceptors (Lipinski definition) is 1. The average molecular weight is 642 g/mol. The van der Waals surface area contributed by atoms with Crippen LogP contribution in [0.15, 0.2) is 21.8 Å². The molecular weight excluding hydrogens is 598 g/mol. The Hall–Kier alpha value is -2.45. The Morgan fingerprint density at radius 2 is 0.975 bits per heavy atom. The van der Waals surface area contributed by atoms with E-state index in [-0.39, 0.29) is 0 Å². The summed E-state index contributed by atoms with van der Waals surface area (Å²) in [4.78, 5) is 5.58. The minimum absolute atomic E-state index is 1.03. The normalized spacial score (nSPS) is 16.3. The molecule has 4 aliphatic heterocycles. The molecule has 40 heavy (non-hydrogen) atoms. The number of nitrogens with zero attached hydrogens (tertiary/aromatic N) is 4. The van der Waals surface area contributed by atoms with Crippen LogP contribution in [0.5, 0.6) is 0 Å². The maximum absolute atomic E-state index is 5.58. The Kier molecular flexibility index (Phi) is 6.31. The Balaban J connectivity index is 1.78. The number of aromatic nitrogens is 3. The van der Waals surface area contributed by atoms with Gasteiger partial charge in [-0.15, -0.1) is 0 Å². The fraction of sp³-hybridized carbons (Fsp3) is 0.457. The predicted octanol–water partition coefficient (Wildman–Crippen LogP) is 5.95. The number of fused-ring (bicyclic) bond motifs is 2. The van der Waals surface area contributed by atoms with E-state index < -0.39 is 21.0 Å². The molecule has 0 N–H and O–H groups in total. The predicted molar refractivity (Wildman–Crippen MR) is 170 cm³/mol. The molecule has 0 amide bonds. The van der Waals surface area contributed by atoms with E-state index in [0.29, 0.717) is 0 Å². The topological polar surface area (TPSA) is 27.1 Å². The number of allylic oxidation sites excluding steroid dienone is 2. The molecular formula is C35H43N4Sb. The molecule has 0 unspecified atom stereocenters. The van der Waals surface area contributed by atoms with Crippen LogP contribution in [-0.4, -0.2) is 34.9 Å². The summed E-state index contributed by atoms with van der Waals surface area (Å²) in [6, 6.07) is 0. The third-order valence-corrected chi connectivity index (χ3v) is 16.6. The molecule has 0 radical (unpaired) electrons. The first-order chi connectivity index (χ1) is 19.5. The molecule has 7 rings (SSSR count). The van der Waals surface area contributed by atoms with E-state index in [1.54, 1.807) is 33.4 Å². The molecule has 0 fully saturated rings. The fourth-order valence-electron chi connectivity index (χ4n) is 8.27. The Morgan fingerprint density at radius 1 is 0.500 bits per heavy atom. The Bertz CT molecular complexity index is 1830. The second kappa shape index (κ2) is 9.55. The van der Waals surface area contributed by atoms with Crippen molar-refractivity contribution in [2.75, 3.05) is 0 Å². The van der Waals surface area contributed by atoms with Gasteiger partial charge in [-0.1, -0.05) is 0 Å². The molecule has 5 heteroatoms. The van der Waals surface area contributed by atoms with Gasteiger partial charge in [-0.05, 0) is 0 Å². The molecule has 0 atom stereocenters. The van der Waals surface area contributed by atoms with Gasteiger partial charge in [-0.25, -0.2) is 0 Å². The van der Waals surface area contributed by atoms with Gasteiger partial charge in [0.15, 0.2) is 0 Å². The second-order valence-corrected chi connectivity index (χ2v) is 16.4. The number of rotatable bonds is 8. The van der Waals surface area contributed by atoms with Crippen molar-refractivity contribution in [3.8, 4) is 0 Å². The van der Waals surface area contributed by atoms with E-state index in [1.165, 1.54) is 56.0 Å². The summed E-state index contributed by atoms with van der Waals surface area (Å²) in [5.74, 6) is 0. The van der Waals surface area contributed by atoms with Crippen LogP contribution in [0, 0.1) is 0 Å². The summed E-state index contributed by atoms with van der Waals surface area (Å²) in [5.41, 5.74) is 20.7. The van der Waals surface area contributed by atoms with E-state index in [4.69, 9.17) is 4.99 Å². The first-order valence-corrected chi connectivity index (χ1v) is 19.3. The summed E-state index contributed by atoms with van der Waals surface area (Å²) in [5, 5.41) is 3.01. The Labute approximate surface area is 247 Å². The maximum atomic E-state index is 5.58. The van der Waals surface area contributed by atoms with Crippen molar-refractivity contribution in [1.29, 1.82) is 0 Å². The summed E-state index contributed by atoms with van der Waals surface area (Å²) < 4.78 is 8.66. The van der Waals surface area contributed by atoms with Gasteiger partial charge in [0.25, 0.3) is 0 Å². The van der Waals surface area contributed by atoms with E-state index >= 15 is 0 Å². The van der Waals surface area contributed by atoms with Crippen molar-refractivity contribution >= 4 is 45.0 Å². The van der Waals surface area contributed by atoms with Gasteiger partial charge in [-0.3, -0.25) is 0 Å². The summed E-state index contributed by atoms with van der Waals surface area (Å²) >= 11 is -2.64. The van der Waals surface area contributed by atoms with E-state index in [2.05, 4.69) is 81.8 Å². The van der Waals surface area contributed by atoms with Gasteiger partial charge in [-0.2, -0.15) is 0 Å². The summed E-state index contributed by atoms with van der Waals surface area (Å²) in [7, 11) is 0. The zero-order valence-corrected chi connectivity index (χ0v) is 28.2. The molecule has 0 spiro atoms. The molecule has 208 valence electrons. The third-order valence-electron chi connectivity index (χ3n) is 9.88. The molecule has 0 saturated heterocycles. The van der Waals surface area contributed by atoms with Crippen LogP contribution in [0.25, 0.3) is 18.2 Å². The molecule has 4 nitrogen and oxygen atoms in total. The van der Waals surface area contributed by atoms with Crippen molar-refractivity contribution in [2.24, 2.45) is 4.99 Å². The molecule has 0 aromatic carbocycles. The van der Waals surface area contributed by atoms with Crippen LogP contribution in [-0.2, 0) is 38.5 Å². The van der Waals surface area contributed by atoms with Crippen molar-refractivity contribution in [3.05, 3.63) is 83.7 Å². The average Bonchev–Trinajstić information content (AvgIpc) is 3.68. The van der Waals surface area contributed by atoms with E-state index in [1.807, 2.05) is 0 Å². The van der Waals surface area contributed by atoms with E-state index in [9.17, 15) is 0 Å². The molecule has 0 aliphatic carbocycles. The molecule has 7 heterocycles. The quantitative estimate of drug-likeness (QED) is 0.187. The van der Waals surface area contributed by atoms with Crippen LogP contribution in [0.4, 0.5) is 0 Å². The number of hydrogen-bond donors (Lipinski definition) is 0. The molecule has 3 aromatic rings. The molecule has 3 aromatic heterocycles. The zero-order chi connectivity index (χ0) is 28.0. The first kappa shape index (κ1) is 26.4. The van der Waals surface area contributed by atoms with Gasteiger partial charge in [0.1, 0.15) is 0 Å². The van der Waals surface area contributed by atoms with Gasteiger partial charge in [0, 0.05) is 0 Å². The first-order valence-electron chi connectivity index (χ1n) is 15.9. The zero-order valence-electron chi connectivity index (χ0n) is 25.6. The van der Waals surface area contributed by atoms with E-state index in [0.717, 1.165) is 51.4 Å². The fourth-order valence-corrected chi connectivity index (χ4v) is 16.2. The van der Waals surface area contributed by atoms with Gasteiger partial charge < -0.3 is 0 Å². The number of aliphatic imine (C=N–C) groups is 1. The molecule has 4 aliphatic rings. The third kappa shape index (κ3) is 3.07. The van der Waals surface area contributed by atoms with Crippen molar-refractivity contribution in [3.63, 3.8) is 0 Å².